The van der Waals surface area contributed by atoms with Crippen molar-refractivity contribution in [2.24, 2.45) is 69.2 Å². The second kappa shape index (κ2) is 25.1. The monoisotopic (exact) mass is 1050 g/mol. The summed E-state index contributed by atoms with van der Waals surface area (Å²) in [6.07, 6.45) is 18.9. The smallest absolute Gasteiger partial charge is 0.188 e. The molecule has 3 heterocycles. The SMILES string of the molecule is CN=C(N)NC1CSSCC2C(N)CC3CC(CCc4oc(CCc5ccc(O)c(OCC(O)c6cc7c([nH]6)CC6(CCCC6)C6CCCC6C7C(CNC)NCC(C)O)c5)cc4CO)CCC2C3CCC1C. The van der Waals surface area contributed by atoms with Gasteiger partial charge in [0.25, 0.3) is 0 Å². The molecule has 406 valence electrons. The molecule has 15 heteroatoms. The number of aliphatic imine (C=N–C) groups is 1. The van der Waals surface area contributed by atoms with Gasteiger partial charge < -0.3 is 62.0 Å². The number of aromatic nitrogens is 1. The zero-order valence-electron chi connectivity index (χ0n) is 44.5. The number of hydrogen-bond acceptors (Lipinski definition) is 12. The Balaban J connectivity index is 0.820. The molecule has 0 amide bonds. The van der Waals surface area contributed by atoms with E-state index in [1.165, 1.54) is 88.3 Å². The molecule has 12 N–H and O–H groups in total. The van der Waals surface area contributed by atoms with Crippen molar-refractivity contribution in [2.45, 2.75) is 172 Å². The van der Waals surface area contributed by atoms with Gasteiger partial charge in [0.1, 0.15) is 24.2 Å². The minimum atomic E-state index is -0.913. The molecule has 4 saturated carbocycles. The van der Waals surface area contributed by atoms with Gasteiger partial charge in [-0.25, -0.2) is 0 Å². The van der Waals surface area contributed by atoms with Crippen LogP contribution in [-0.2, 0) is 32.3 Å². The van der Waals surface area contributed by atoms with E-state index in [0.717, 1.165) is 72.1 Å². The maximum Gasteiger partial charge on any atom is 0.188 e. The van der Waals surface area contributed by atoms with Gasteiger partial charge in [0.2, 0.25) is 0 Å². The molecule has 14 unspecified atom stereocenters. The summed E-state index contributed by atoms with van der Waals surface area (Å²) in [6.45, 7) is 5.50. The van der Waals surface area contributed by atoms with Crippen molar-refractivity contribution in [3.8, 4) is 11.5 Å². The Morgan fingerprint density at radius 1 is 0.945 bits per heavy atom. The van der Waals surface area contributed by atoms with Crippen LogP contribution in [0.1, 0.15) is 155 Å². The Hall–Kier alpha value is -2.89. The molecule has 73 heavy (non-hydrogen) atoms. The predicted octanol–water partition coefficient (Wildman–Crippen LogP) is 8.52. The summed E-state index contributed by atoms with van der Waals surface area (Å²) in [5.74, 6) is 9.96. The molecule has 5 aliphatic carbocycles. The summed E-state index contributed by atoms with van der Waals surface area (Å²) >= 11 is 0. The van der Waals surface area contributed by atoms with Crippen LogP contribution in [0.25, 0.3) is 0 Å². The number of nitrogens with zero attached hydrogens (tertiary/aromatic N) is 1. The van der Waals surface area contributed by atoms with E-state index in [4.69, 9.17) is 20.6 Å². The van der Waals surface area contributed by atoms with Crippen molar-refractivity contribution < 1.29 is 29.6 Å². The highest BCUT2D eigenvalue weighted by Crippen LogP contribution is 2.61. The topological polar surface area (TPSA) is 220 Å². The highest BCUT2D eigenvalue weighted by atomic mass is 33.1. The third-order valence-electron chi connectivity index (χ3n) is 19.3. The Morgan fingerprint density at radius 2 is 1.75 bits per heavy atom. The summed E-state index contributed by atoms with van der Waals surface area (Å²) in [4.78, 5) is 7.95. The zero-order chi connectivity index (χ0) is 51.2. The molecule has 13 nitrogen and oxygen atoms in total. The van der Waals surface area contributed by atoms with E-state index in [9.17, 15) is 20.4 Å². The summed E-state index contributed by atoms with van der Waals surface area (Å²) in [6, 6.07) is 10.4. The average molecular weight is 1050 g/mol. The second-order valence-corrected chi connectivity index (χ2v) is 26.4. The highest BCUT2D eigenvalue weighted by molar-refractivity contribution is 8.76. The molecule has 1 aliphatic heterocycles. The number of likely N-dealkylation sites (N-methyl/N-ethyl adjacent to an activating group) is 1. The first-order chi connectivity index (χ1) is 35.4. The fraction of sp³-hybridized carbons (Fsp3) is 0.741. The number of aliphatic hydroxyl groups is 3. The van der Waals surface area contributed by atoms with Gasteiger partial charge in [0.15, 0.2) is 17.5 Å². The van der Waals surface area contributed by atoms with E-state index >= 15 is 0 Å². The number of aromatic hydroxyl groups is 1. The number of benzene rings is 1. The molecule has 1 spiro atoms. The summed E-state index contributed by atoms with van der Waals surface area (Å²) in [5, 5.41) is 54.3. The molecule has 5 fully saturated rings. The third-order valence-corrected chi connectivity index (χ3v) is 21.8. The van der Waals surface area contributed by atoms with Crippen molar-refractivity contribution >= 4 is 27.5 Å². The molecule has 3 aromatic rings. The normalized spacial score (nSPS) is 31.7. The first-order valence-corrected chi connectivity index (χ1v) is 31.0. The number of fused-ring (bicyclic) bond motifs is 3. The van der Waals surface area contributed by atoms with Crippen molar-refractivity contribution in [1.82, 2.24) is 20.9 Å². The van der Waals surface area contributed by atoms with Crippen molar-refractivity contribution in [3.63, 3.8) is 0 Å². The molecule has 4 bridgehead atoms. The number of phenolic OH excluding ortho intramolecular Hbond substituents is 1. The van der Waals surface area contributed by atoms with Crippen LogP contribution in [0.3, 0.4) is 0 Å². The molecule has 0 radical (unpaired) electrons. The highest BCUT2D eigenvalue weighted by Gasteiger charge is 2.53. The molecular formula is C58H91N7O6S2. The fourth-order valence-corrected chi connectivity index (χ4v) is 18.5. The van der Waals surface area contributed by atoms with Crippen LogP contribution in [-0.4, -0.2) is 101 Å². The zero-order valence-corrected chi connectivity index (χ0v) is 46.1. The summed E-state index contributed by atoms with van der Waals surface area (Å²) in [7, 11) is 7.72. The largest absolute Gasteiger partial charge is 0.504 e. The molecule has 14 atom stereocenters. The van der Waals surface area contributed by atoms with Crippen LogP contribution >= 0.6 is 21.6 Å². The number of aliphatic hydroxyl groups excluding tert-OH is 3. The second-order valence-electron chi connectivity index (χ2n) is 23.9. The first-order valence-electron chi connectivity index (χ1n) is 28.5. The third kappa shape index (κ3) is 12.8. The van der Waals surface area contributed by atoms with E-state index in [-0.39, 0.29) is 42.4 Å². The van der Waals surface area contributed by atoms with Crippen molar-refractivity contribution in [2.75, 3.05) is 45.3 Å². The fourth-order valence-electron chi connectivity index (χ4n) is 15.6. The lowest BCUT2D eigenvalue weighted by atomic mass is 9.62. The van der Waals surface area contributed by atoms with Crippen LogP contribution < -0.4 is 32.2 Å². The number of aromatic amines is 1. The van der Waals surface area contributed by atoms with Gasteiger partial charge in [-0.2, -0.15) is 0 Å². The summed E-state index contributed by atoms with van der Waals surface area (Å²) < 4.78 is 12.8. The molecule has 1 aromatic carbocycles. The maximum atomic E-state index is 11.8. The van der Waals surface area contributed by atoms with Gasteiger partial charge in [-0.15, -0.1) is 0 Å². The number of nitrogens with two attached hydrogens (primary N) is 2. The van der Waals surface area contributed by atoms with E-state index in [0.29, 0.717) is 84.5 Å². The minimum Gasteiger partial charge on any atom is -0.504 e. The Morgan fingerprint density at radius 3 is 2.53 bits per heavy atom. The Labute approximate surface area is 444 Å². The summed E-state index contributed by atoms with van der Waals surface area (Å²) in [5.41, 5.74) is 18.7. The molecule has 6 aliphatic rings. The first kappa shape index (κ1) is 54.9. The number of nitrogens with one attached hydrogen (secondary N) is 4. The lowest BCUT2D eigenvalue weighted by Crippen LogP contribution is -2.48. The lowest BCUT2D eigenvalue weighted by molar-refractivity contribution is 0.0714. The maximum absolute atomic E-state index is 11.8. The van der Waals surface area contributed by atoms with Crippen LogP contribution in [0.2, 0.25) is 0 Å². The van der Waals surface area contributed by atoms with E-state index < -0.39 is 12.2 Å². The van der Waals surface area contributed by atoms with E-state index in [1.807, 2.05) is 53.8 Å². The minimum absolute atomic E-state index is 0.00292. The van der Waals surface area contributed by atoms with Gasteiger partial charge in [-0.3, -0.25) is 4.99 Å². The number of ether oxygens (including phenoxy) is 1. The average Bonchev–Trinajstić information content (AvgIpc) is 4.20. The van der Waals surface area contributed by atoms with Crippen molar-refractivity contribution in [1.29, 1.82) is 0 Å². The van der Waals surface area contributed by atoms with Crippen LogP contribution in [0, 0.1) is 52.8 Å². The number of furan rings is 1. The number of hydrogen-bond donors (Lipinski definition) is 10. The molecular weight excluding hydrogens is 955 g/mol. The Kier molecular flexibility index (Phi) is 18.8. The number of phenols is 1. The van der Waals surface area contributed by atoms with Gasteiger partial charge >= 0.3 is 0 Å². The van der Waals surface area contributed by atoms with E-state index in [1.54, 1.807) is 13.1 Å². The predicted molar refractivity (Wildman–Crippen MR) is 297 cm³/mol. The number of guanidine groups is 1. The standard InChI is InChI=1S/C58H91N7O6S2/c1-34-10-16-41-38-22-36(12-17-42(41)45(47(59)25-38)32-72-73-33-51(34)65-57(60)62-4)14-19-54-39(30-66)24-40(71-54)15-11-37-13-18-52(68)55(23-37)70-31-53(69)48-26-44-49(64-48)27-58(20-5-6-21-58)46-9-7-8-43(46)56(44)50(29-61-3)63-28-35(2)67/h13,18,23-24,26,34-36,38,41-43,45-47,50-51,53,56,61,63-64,66-69H,5-12,14-17,19-22,25,27-33,59H2,1-4H3,(H3,60,62,65). The quantitative estimate of drug-likeness (QED) is 0.0329. The lowest BCUT2D eigenvalue weighted by Gasteiger charge is -2.46. The van der Waals surface area contributed by atoms with Crippen LogP contribution in [0.15, 0.2) is 39.7 Å². The van der Waals surface area contributed by atoms with Gasteiger partial charge in [-0.05, 0) is 179 Å². The van der Waals surface area contributed by atoms with Crippen LogP contribution in [0.4, 0.5) is 0 Å². The van der Waals surface area contributed by atoms with Crippen molar-refractivity contribution in [3.05, 3.63) is 69.9 Å². The van der Waals surface area contributed by atoms with Gasteiger partial charge in [0, 0.05) is 85.5 Å². The number of H-pyrrole nitrogens is 1. The van der Waals surface area contributed by atoms with Crippen LogP contribution in [0.5, 0.6) is 11.5 Å². The molecule has 2 aromatic heterocycles. The molecule has 1 saturated heterocycles. The van der Waals surface area contributed by atoms with Gasteiger partial charge in [0.05, 0.1) is 12.7 Å². The Bertz CT molecular complexity index is 2270. The number of aryl methyl sites for hydroxylation is 3. The van der Waals surface area contributed by atoms with Gasteiger partial charge in [-0.1, -0.05) is 60.3 Å². The van der Waals surface area contributed by atoms with E-state index in [2.05, 4.69) is 38.9 Å². The molecule has 9 rings (SSSR count). The number of rotatable bonds is 18.